The number of fused-ring (bicyclic) bond motifs is 12. The second kappa shape index (κ2) is 12.2. The van der Waals surface area contributed by atoms with Crippen LogP contribution in [0.3, 0.4) is 0 Å². The van der Waals surface area contributed by atoms with Gasteiger partial charge in [0, 0.05) is 42.1 Å². The van der Waals surface area contributed by atoms with Gasteiger partial charge >= 0.3 is 0 Å². The van der Waals surface area contributed by atoms with Gasteiger partial charge in [0.05, 0.1) is 0 Å². The summed E-state index contributed by atoms with van der Waals surface area (Å²) in [7, 11) is 0. The maximum atomic E-state index is 6.54. The van der Waals surface area contributed by atoms with Crippen LogP contribution in [0.5, 0.6) is 0 Å². The molecule has 2 aromatic heterocycles. The van der Waals surface area contributed by atoms with Gasteiger partial charge in [-0.2, -0.15) is 0 Å². The first kappa shape index (κ1) is 31.3. The van der Waals surface area contributed by atoms with Crippen molar-refractivity contribution >= 4 is 97.4 Å². The van der Waals surface area contributed by atoms with E-state index in [1.165, 1.54) is 58.1 Å². The molecule has 0 aliphatic carbocycles. The Kier molecular flexibility index (Phi) is 6.83. The zero-order valence-electron chi connectivity index (χ0n) is 30.0. The Morgan fingerprint density at radius 2 is 0.982 bits per heavy atom. The number of thiophene rings is 1. The van der Waals surface area contributed by atoms with Gasteiger partial charge in [0.15, 0.2) is 5.84 Å². The molecule has 5 heteroatoms. The molecule has 0 saturated heterocycles. The average molecular weight is 734 g/mol. The summed E-state index contributed by atoms with van der Waals surface area (Å²) in [6.07, 6.45) is -0.292. The fourth-order valence-electron chi connectivity index (χ4n) is 8.59. The smallest absolute Gasteiger partial charge is 0.159 e. The molecule has 4 nitrogen and oxygen atoms in total. The molecule has 0 saturated carbocycles. The van der Waals surface area contributed by atoms with Crippen molar-refractivity contribution in [2.24, 2.45) is 9.98 Å². The quantitative estimate of drug-likeness (QED) is 0.183. The Labute approximate surface area is 325 Å². The summed E-state index contributed by atoms with van der Waals surface area (Å²) in [6.45, 7) is 0. The monoisotopic (exact) mass is 733 g/mol. The van der Waals surface area contributed by atoms with E-state index in [0.29, 0.717) is 5.84 Å². The van der Waals surface area contributed by atoms with Crippen molar-refractivity contribution in [3.05, 3.63) is 193 Å². The second-order valence-electron chi connectivity index (χ2n) is 14.6. The molecule has 1 aliphatic rings. The molecule has 0 radical (unpaired) electrons. The lowest BCUT2D eigenvalue weighted by molar-refractivity contribution is 0.667. The summed E-state index contributed by atoms with van der Waals surface area (Å²) < 4.78 is 9.09. The van der Waals surface area contributed by atoms with Crippen LogP contribution in [0.25, 0.3) is 85.6 Å². The topological polar surface area (TPSA) is 49.9 Å². The highest BCUT2D eigenvalue weighted by Gasteiger charge is 2.22. The van der Waals surface area contributed by atoms with Crippen molar-refractivity contribution in [1.82, 2.24) is 5.32 Å². The molecule has 0 amide bonds. The molecule has 1 aliphatic heterocycles. The van der Waals surface area contributed by atoms with E-state index < -0.39 is 0 Å². The summed E-state index contributed by atoms with van der Waals surface area (Å²) in [4.78, 5) is 10.3. The van der Waals surface area contributed by atoms with Crippen molar-refractivity contribution in [3.8, 4) is 11.1 Å². The van der Waals surface area contributed by atoms with E-state index in [9.17, 15) is 0 Å². The molecule has 1 unspecified atom stereocenters. The minimum atomic E-state index is -0.292. The van der Waals surface area contributed by atoms with Crippen LogP contribution in [0.15, 0.2) is 190 Å². The number of amidine groups is 2. The van der Waals surface area contributed by atoms with Crippen molar-refractivity contribution in [2.75, 3.05) is 0 Å². The number of furan rings is 1. The molecule has 0 spiro atoms. The highest BCUT2D eigenvalue weighted by molar-refractivity contribution is 7.25. The summed E-state index contributed by atoms with van der Waals surface area (Å²) in [5.41, 5.74) is 7.01. The van der Waals surface area contributed by atoms with E-state index in [1.54, 1.807) is 0 Å². The lowest BCUT2D eigenvalue weighted by atomic mass is 9.92. The van der Waals surface area contributed by atoms with E-state index in [4.69, 9.17) is 14.4 Å². The third-order valence-electron chi connectivity index (χ3n) is 11.3. The molecule has 11 aromatic rings. The Morgan fingerprint density at radius 1 is 0.411 bits per heavy atom. The van der Waals surface area contributed by atoms with Gasteiger partial charge in [0.25, 0.3) is 0 Å². The zero-order valence-corrected chi connectivity index (χ0v) is 30.8. The molecule has 56 heavy (non-hydrogen) atoms. The fraction of sp³-hybridized carbons (Fsp3) is 0.0196. The van der Waals surface area contributed by atoms with Gasteiger partial charge in [-0.3, -0.25) is 0 Å². The molecule has 0 bridgehead atoms. The maximum absolute atomic E-state index is 6.54. The molecule has 0 fully saturated rings. The van der Waals surface area contributed by atoms with Gasteiger partial charge in [-0.15, -0.1) is 11.3 Å². The lowest BCUT2D eigenvalue weighted by Crippen LogP contribution is -2.33. The SMILES string of the molecule is c1ccc(C2N=C(c3ccc4c(c3)oc3ccc(-c5ccc6c7ccccc7c7ccccc7c6c5)cc34)N=C(c3ccc4sc5ccccc5c4c3)N2)cc1. The molecular weight excluding hydrogens is 703 g/mol. The minimum absolute atomic E-state index is 0.292. The number of aliphatic imine (C=N–C) groups is 2. The average Bonchev–Trinajstić information content (AvgIpc) is 3.83. The van der Waals surface area contributed by atoms with Crippen molar-refractivity contribution in [1.29, 1.82) is 0 Å². The van der Waals surface area contributed by atoms with Crippen molar-refractivity contribution in [3.63, 3.8) is 0 Å². The third kappa shape index (κ3) is 4.91. The summed E-state index contributed by atoms with van der Waals surface area (Å²) >= 11 is 1.82. The number of hydrogen-bond donors (Lipinski definition) is 1. The summed E-state index contributed by atoms with van der Waals surface area (Å²) in [5, 5.41) is 15.9. The van der Waals surface area contributed by atoms with Gasteiger partial charge in [0.1, 0.15) is 23.2 Å². The predicted molar refractivity (Wildman–Crippen MR) is 236 cm³/mol. The van der Waals surface area contributed by atoms with Crippen LogP contribution in [0.4, 0.5) is 0 Å². The summed E-state index contributed by atoms with van der Waals surface area (Å²) in [5.74, 6) is 1.47. The Bertz CT molecular complexity index is 3430. The predicted octanol–water partition coefficient (Wildman–Crippen LogP) is 13.6. The van der Waals surface area contributed by atoms with Gasteiger partial charge in [-0.05, 0) is 104 Å². The van der Waals surface area contributed by atoms with E-state index >= 15 is 0 Å². The molecule has 9 aromatic carbocycles. The highest BCUT2D eigenvalue weighted by atomic mass is 32.1. The number of benzene rings is 9. The number of rotatable bonds is 4. The first-order valence-corrected chi connectivity index (χ1v) is 19.7. The van der Waals surface area contributed by atoms with E-state index in [1.807, 2.05) is 17.4 Å². The molecule has 12 rings (SSSR count). The van der Waals surface area contributed by atoms with Gasteiger partial charge in [0.2, 0.25) is 0 Å². The summed E-state index contributed by atoms with van der Waals surface area (Å²) in [6, 6.07) is 62.8. The van der Waals surface area contributed by atoms with Crippen LogP contribution in [0, 0.1) is 0 Å². The number of hydrogen-bond acceptors (Lipinski definition) is 5. The van der Waals surface area contributed by atoms with Gasteiger partial charge in [-0.1, -0.05) is 121 Å². The second-order valence-corrected chi connectivity index (χ2v) is 15.6. The first-order valence-electron chi connectivity index (χ1n) is 18.9. The van der Waals surface area contributed by atoms with Gasteiger partial charge in [-0.25, -0.2) is 9.98 Å². The number of nitrogens with one attached hydrogen (secondary N) is 1. The zero-order chi connectivity index (χ0) is 36.7. The van der Waals surface area contributed by atoms with Crippen molar-refractivity contribution in [2.45, 2.75) is 6.17 Å². The van der Waals surface area contributed by atoms with Crippen molar-refractivity contribution < 1.29 is 4.42 Å². The maximum Gasteiger partial charge on any atom is 0.159 e. The van der Waals surface area contributed by atoms with Gasteiger partial charge < -0.3 is 9.73 Å². The van der Waals surface area contributed by atoms with Crippen LogP contribution in [-0.2, 0) is 0 Å². The normalized spacial score (nSPS) is 14.6. The largest absolute Gasteiger partial charge is 0.456 e. The fourth-order valence-corrected chi connectivity index (χ4v) is 9.67. The minimum Gasteiger partial charge on any atom is -0.456 e. The molecule has 262 valence electrons. The van der Waals surface area contributed by atoms with Crippen LogP contribution in [-0.4, -0.2) is 11.7 Å². The van der Waals surface area contributed by atoms with E-state index in [-0.39, 0.29) is 6.17 Å². The highest BCUT2D eigenvalue weighted by Crippen LogP contribution is 2.39. The third-order valence-corrected chi connectivity index (χ3v) is 12.5. The molecular formula is C51H31N3OS. The van der Waals surface area contributed by atoms with Crippen LogP contribution in [0.1, 0.15) is 22.9 Å². The Balaban J connectivity index is 0.958. The lowest BCUT2D eigenvalue weighted by Gasteiger charge is -2.23. The van der Waals surface area contributed by atoms with Crippen LogP contribution in [0.2, 0.25) is 0 Å². The molecule has 3 heterocycles. The Morgan fingerprint density at radius 3 is 1.77 bits per heavy atom. The number of nitrogens with zero attached hydrogens (tertiary/aromatic N) is 2. The van der Waals surface area contributed by atoms with Crippen LogP contribution >= 0.6 is 11.3 Å². The first-order chi connectivity index (χ1) is 27.7. The molecule has 1 N–H and O–H groups in total. The molecule has 1 atom stereocenters. The van der Waals surface area contributed by atoms with Crippen LogP contribution < -0.4 is 5.32 Å². The standard InChI is InChI=1S/C51H31N3OS/c1-2-10-30(11-3-1)49-52-50(33-21-25-48-44(28-33)41-16-8-9-17-47(41)56-48)54-51(53-49)34-19-23-40-43-27-32(20-24-45(43)55-46(40)29-34)31-18-22-39-37-14-5-4-12-35(37)36-13-6-7-15-38(36)42(39)26-31/h1-29,49H,(H,52,53,54). The van der Waals surface area contributed by atoms with E-state index in [2.05, 4.69) is 175 Å². The van der Waals surface area contributed by atoms with E-state index in [0.717, 1.165) is 50.0 Å². The Hall–Kier alpha value is -7.08.